The summed E-state index contributed by atoms with van der Waals surface area (Å²) < 4.78 is 0. The molecule has 0 aliphatic heterocycles. The summed E-state index contributed by atoms with van der Waals surface area (Å²) in [7, 11) is 0. The Morgan fingerprint density at radius 1 is 1.20 bits per heavy atom. The standard InChI is InChI=1S/C11H7ClN2O/c12-11-6-9(10(14-15)7-13-11)8-4-2-1-3-5-8/h1-7H/p+1. The van der Waals surface area contributed by atoms with Gasteiger partial charge in [0.25, 0.3) is 5.15 Å². The molecule has 0 atom stereocenters. The summed E-state index contributed by atoms with van der Waals surface area (Å²) in [5.74, 6) is 0. The minimum Gasteiger partial charge on any atom is -0.199 e. The van der Waals surface area contributed by atoms with E-state index in [1.807, 2.05) is 30.3 Å². The van der Waals surface area contributed by atoms with Crippen LogP contribution in [0.3, 0.4) is 0 Å². The summed E-state index contributed by atoms with van der Waals surface area (Å²) in [5.41, 5.74) is 2.00. The molecule has 3 nitrogen and oxygen atoms in total. The maximum Gasteiger partial charge on any atom is 0.273 e. The number of nitroso groups, excluding NO2 is 1. The van der Waals surface area contributed by atoms with Crippen LogP contribution in [0.4, 0.5) is 5.69 Å². The number of hydrogen-bond acceptors (Lipinski definition) is 2. The van der Waals surface area contributed by atoms with Gasteiger partial charge in [0.05, 0.1) is 0 Å². The fourth-order valence-electron chi connectivity index (χ4n) is 1.38. The van der Waals surface area contributed by atoms with Crippen molar-refractivity contribution in [3.63, 3.8) is 0 Å². The van der Waals surface area contributed by atoms with Gasteiger partial charge >= 0.3 is 0 Å². The van der Waals surface area contributed by atoms with Gasteiger partial charge in [0.1, 0.15) is 0 Å². The average Bonchev–Trinajstić information content (AvgIpc) is 2.30. The summed E-state index contributed by atoms with van der Waals surface area (Å²) >= 11 is 5.82. The predicted molar refractivity (Wildman–Crippen MR) is 58.9 cm³/mol. The normalized spacial score (nSPS) is 9.93. The molecule has 0 aliphatic rings. The van der Waals surface area contributed by atoms with Crippen LogP contribution >= 0.6 is 11.6 Å². The lowest BCUT2D eigenvalue weighted by Gasteiger charge is -2.00. The van der Waals surface area contributed by atoms with Crippen LogP contribution in [0.5, 0.6) is 0 Å². The van der Waals surface area contributed by atoms with E-state index >= 15 is 0 Å². The number of halogens is 1. The number of aromatic amines is 1. The van der Waals surface area contributed by atoms with E-state index in [1.54, 1.807) is 6.07 Å². The van der Waals surface area contributed by atoms with E-state index in [0.29, 0.717) is 10.8 Å². The van der Waals surface area contributed by atoms with E-state index in [1.165, 1.54) is 6.20 Å². The van der Waals surface area contributed by atoms with Crippen LogP contribution in [0.25, 0.3) is 11.1 Å². The Balaban J connectivity index is 2.61. The van der Waals surface area contributed by atoms with Gasteiger partial charge in [-0.05, 0) is 22.3 Å². The van der Waals surface area contributed by atoms with Gasteiger partial charge in [-0.3, -0.25) is 0 Å². The van der Waals surface area contributed by atoms with Gasteiger partial charge in [-0.2, -0.15) is 4.98 Å². The molecular weight excluding hydrogens is 212 g/mol. The van der Waals surface area contributed by atoms with Gasteiger partial charge in [-0.25, -0.2) is 0 Å². The number of hydrogen-bond donors (Lipinski definition) is 0. The Bertz CT molecular complexity index is 485. The molecule has 0 amide bonds. The van der Waals surface area contributed by atoms with Crippen molar-refractivity contribution in [2.45, 2.75) is 0 Å². The number of benzene rings is 1. The van der Waals surface area contributed by atoms with Crippen LogP contribution < -0.4 is 4.98 Å². The molecule has 0 saturated carbocycles. The molecule has 0 fully saturated rings. The first-order valence-corrected chi connectivity index (χ1v) is 4.79. The predicted octanol–water partition coefficient (Wildman–Crippen LogP) is 3.22. The van der Waals surface area contributed by atoms with Crippen LogP contribution in [-0.2, 0) is 0 Å². The number of nitrogens with zero attached hydrogens (tertiary/aromatic N) is 1. The average molecular weight is 220 g/mol. The molecule has 0 bridgehead atoms. The number of H-pyrrole nitrogens is 1. The van der Waals surface area contributed by atoms with Crippen LogP contribution in [0.15, 0.2) is 47.8 Å². The van der Waals surface area contributed by atoms with Crippen molar-refractivity contribution in [3.05, 3.63) is 52.7 Å². The van der Waals surface area contributed by atoms with Crippen molar-refractivity contribution < 1.29 is 4.98 Å². The van der Waals surface area contributed by atoms with Crippen molar-refractivity contribution in [1.82, 2.24) is 0 Å². The molecule has 0 aliphatic carbocycles. The molecule has 1 heterocycles. The van der Waals surface area contributed by atoms with E-state index < -0.39 is 0 Å². The molecule has 74 valence electrons. The van der Waals surface area contributed by atoms with E-state index in [0.717, 1.165) is 11.1 Å². The second kappa shape index (κ2) is 4.19. The molecule has 0 saturated heterocycles. The Morgan fingerprint density at radius 3 is 2.60 bits per heavy atom. The number of nitrogens with one attached hydrogen (secondary N) is 1. The number of rotatable bonds is 2. The third-order valence-electron chi connectivity index (χ3n) is 2.08. The molecule has 0 spiro atoms. The lowest BCUT2D eigenvalue weighted by atomic mass is 10.1. The molecule has 2 aromatic rings. The van der Waals surface area contributed by atoms with Crippen LogP contribution in [-0.4, -0.2) is 0 Å². The molecule has 4 heteroatoms. The maximum absolute atomic E-state index is 10.6. The van der Waals surface area contributed by atoms with Crippen molar-refractivity contribution in [1.29, 1.82) is 0 Å². The van der Waals surface area contributed by atoms with Crippen molar-refractivity contribution >= 4 is 17.3 Å². The first-order chi connectivity index (χ1) is 7.31. The molecule has 0 unspecified atom stereocenters. The summed E-state index contributed by atoms with van der Waals surface area (Å²) in [6, 6.07) is 11.2. The Labute approximate surface area is 91.7 Å². The molecule has 2 rings (SSSR count). The fourth-order valence-corrected chi connectivity index (χ4v) is 1.55. The second-order valence-corrected chi connectivity index (χ2v) is 3.44. The van der Waals surface area contributed by atoms with Crippen LogP contribution in [0.2, 0.25) is 5.15 Å². The Hall–Kier alpha value is -1.74. The van der Waals surface area contributed by atoms with Crippen molar-refractivity contribution in [2.24, 2.45) is 5.18 Å². The van der Waals surface area contributed by atoms with Crippen molar-refractivity contribution in [3.8, 4) is 11.1 Å². The first kappa shape index (κ1) is 9.80. The van der Waals surface area contributed by atoms with Gasteiger partial charge in [0.15, 0.2) is 11.9 Å². The van der Waals surface area contributed by atoms with Crippen molar-refractivity contribution in [2.75, 3.05) is 0 Å². The van der Waals surface area contributed by atoms with Gasteiger partial charge in [-0.15, -0.1) is 4.91 Å². The molecular formula is C11H8ClN2O+. The third-order valence-corrected chi connectivity index (χ3v) is 2.30. The molecule has 0 radical (unpaired) electrons. The lowest BCUT2D eigenvalue weighted by Crippen LogP contribution is -2.01. The van der Waals surface area contributed by atoms with Gasteiger partial charge < -0.3 is 0 Å². The highest BCUT2D eigenvalue weighted by molar-refractivity contribution is 6.28. The molecule has 1 N–H and O–H groups in total. The summed E-state index contributed by atoms with van der Waals surface area (Å²) in [4.78, 5) is 13.3. The number of aromatic nitrogens is 1. The topological polar surface area (TPSA) is 43.6 Å². The first-order valence-electron chi connectivity index (χ1n) is 4.41. The highest BCUT2D eigenvalue weighted by atomic mass is 35.5. The minimum atomic E-state index is 0.352. The highest BCUT2D eigenvalue weighted by Crippen LogP contribution is 2.29. The zero-order chi connectivity index (χ0) is 10.7. The van der Waals surface area contributed by atoms with E-state index in [2.05, 4.69) is 10.2 Å². The fraction of sp³-hybridized carbons (Fsp3) is 0. The van der Waals surface area contributed by atoms with Gasteiger partial charge in [-0.1, -0.05) is 30.3 Å². The Morgan fingerprint density at radius 2 is 1.93 bits per heavy atom. The quantitative estimate of drug-likeness (QED) is 0.565. The maximum atomic E-state index is 10.6. The van der Waals surface area contributed by atoms with E-state index in [9.17, 15) is 4.91 Å². The summed E-state index contributed by atoms with van der Waals surface area (Å²) in [6.45, 7) is 0. The lowest BCUT2D eigenvalue weighted by molar-refractivity contribution is -0.374. The zero-order valence-corrected chi connectivity index (χ0v) is 8.53. The molecule has 15 heavy (non-hydrogen) atoms. The highest BCUT2D eigenvalue weighted by Gasteiger charge is 2.10. The summed E-state index contributed by atoms with van der Waals surface area (Å²) in [5, 5.41) is 3.42. The largest absolute Gasteiger partial charge is 0.273 e. The number of pyridine rings is 1. The Kier molecular flexibility index (Phi) is 2.74. The van der Waals surface area contributed by atoms with Crippen LogP contribution in [0.1, 0.15) is 0 Å². The second-order valence-electron chi connectivity index (χ2n) is 3.04. The SMILES string of the molecule is O=Nc1c[nH+]c(Cl)cc1-c1ccccc1. The van der Waals surface area contributed by atoms with Gasteiger partial charge in [0, 0.05) is 11.6 Å². The monoisotopic (exact) mass is 219 g/mol. The third kappa shape index (κ3) is 2.02. The van der Waals surface area contributed by atoms with E-state index in [4.69, 9.17) is 11.6 Å². The summed E-state index contributed by atoms with van der Waals surface area (Å²) in [6.07, 6.45) is 1.50. The minimum absolute atomic E-state index is 0.352. The van der Waals surface area contributed by atoms with Gasteiger partial charge in [0.2, 0.25) is 0 Å². The van der Waals surface area contributed by atoms with Crippen LogP contribution in [0, 0.1) is 4.91 Å². The van der Waals surface area contributed by atoms with E-state index in [-0.39, 0.29) is 0 Å². The zero-order valence-electron chi connectivity index (χ0n) is 7.77. The molecule has 1 aromatic heterocycles. The molecule has 1 aromatic carbocycles. The smallest absolute Gasteiger partial charge is 0.199 e.